The summed E-state index contributed by atoms with van der Waals surface area (Å²) in [5, 5.41) is 1.22. The first-order chi connectivity index (χ1) is 12.9. The smallest absolute Gasteiger partial charge is 0.208 e. The van der Waals surface area contributed by atoms with E-state index in [4.69, 9.17) is 9.47 Å². The average molecular weight is 394 g/mol. The second-order valence-corrected chi connectivity index (χ2v) is 9.58. The summed E-state index contributed by atoms with van der Waals surface area (Å²) in [6.45, 7) is 4.09. The zero-order chi connectivity index (χ0) is 18.9. The molecule has 2 fully saturated rings. The number of H-pyrrole nitrogens is 1. The van der Waals surface area contributed by atoms with Crippen LogP contribution in [0.25, 0.3) is 10.9 Å². The Kier molecular flexibility index (Phi) is 5.26. The van der Waals surface area contributed by atoms with Crippen molar-refractivity contribution in [3.05, 3.63) is 36.0 Å². The number of sulfonamides is 1. The van der Waals surface area contributed by atoms with Crippen LogP contribution in [-0.4, -0.2) is 69.1 Å². The van der Waals surface area contributed by atoms with Crippen LogP contribution in [0.1, 0.15) is 18.4 Å². The molecule has 0 amide bonds. The highest BCUT2D eigenvalue weighted by Gasteiger charge is 2.43. The normalized spacial score (nSPS) is 27.4. The highest BCUT2D eigenvalue weighted by atomic mass is 32.2. The predicted molar refractivity (Wildman–Crippen MR) is 104 cm³/mol. The second-order valence-electron chi connectivity index (χ2n) is 7.74. The fraction of sp³-hybridized carbons (Fsp3) is 0.579. The van der Waals surface area contributed by atoms with Crippen LogP contribution in [-0.2, 0) is 26.0 Å². The molecule has 0 bridgehead atoms. The van der Waals surface area contributed by atoms with Gasteiger partial charge < -0.3 is 14.5 Å². The SMILES string of the molecule is CS(=O)(=O)NC[C@@H]1CC[C@]2(COCCN(Cc3ccc4[nH]ccc4c3)C2)O1. The van der Waals surface area contributed by atoms with Gasteiger partial charge in [-0.05, 0) is 42.0 Å². The molecule has 0 unspecified atom stereocenters. The first-order valence-electron chi connectivity index (χ1n) is 9.39. The predicted octanol–water partition coefficient (Wildman–Crippen LogP) is 1.47. The van der Waals surface area contributed by atoms with E-state index in [0.29, 0.717) is 19.8 Å². The summed E-state index contributed by atoms with van der Waals surface area (Å²) in [6.07, 6.45) is 4.76. The summed E-state index contributed by atoms with van der Waals surface area (Å²) in [5.41, 5.74) is 2.07. The first kappa shape index (κ1) is 18.9. The molecule has 2 atom stereocenters. The molecule has 2 N–H and O–H groups in total. The zero-order valence-electron chi connectivity index (χ0n) is 15.6. The monoisotopic (exact) mass is 393 g/mol. The Morgan fingerprint density at radius 2 is 2.26 bits per heavy atom. The molecular formula is C19H27N3O4S. The first-order valence-corrected chi connectivity index (χ1v) is 11.3. The number of nitrogens with zero attached hydrogens (tertiary/aromatic N) is 1. The van der Waals surface area contributed by atoms with Crippen molar-refractivity contribution in [2.45, 2.75) is 31.1 Å². The molecule has 1 spiro atoms. The van der Waals surface area contributed by atoms with E-state index < -0.39 is 10.0 Å². The van der Waals surface area contributed by atoms with Gasteiger partial charge in [0.1, 0.15) is 5.60 Å². The highest BCUT2D eigenvalue weighted by Crippen LogP contribution is 2.33. The number of aromatic amines is 1. The molecule has 7 nitrogen and oxygen atoms in total. The summed E-state index contributed by atoms with van der Waals surface area (Å²) in [6, 6.07) is 8.59. The van der Waals surface area contributed by atoms with Gasteiger partial charge in [0.2, 0.25) is 10.0 Å². The minimum atomic E-state index is -3.20. The number of fused-ring (bicyclic) bond motifs is 1. The standard InChI is InChI=1S/C19H27N3O4S/c1-27(23,24)21-11-17-4-6-19(26-17)13-22(8-9-25-14-19)12-15-2-3-18-16(10-15)5-7-20-18/h2-3,5,7,10,17,20-21H,4,6,8-9,11-14H2,1H3/t17-,19-/m0/s1. The Morgan fingerprint density at radius 3 is 3.11 bits per heavy atom. The van der Waals surface area contributed by atoms with Crippen LogP contribution in [0.3, 0.4) is 0 Å². The van der Waals surface area contributed by atoms with E-state index in [2.05, 4.69) is 38.9 Å². The minimum absolute atomic E-state index is 0.0977. The summed E-state index contributed by atoms with van der Waals surface area (Å²) < 4.78 is 37.4. The van der Waals surface area contributed by atoms with Gasteiger partial charge in [-0.2, -0.15) is 0 Å². The highest BCUT2D eigenvalue weighted by molar-refractivity contribution is 7.88. The molecule has 27 heavy (non-hydrogen) atoms. The van der Waals surface area contributed by atoms with Gasteiger partial charge in [0, 0.05) is 37.9 Å². The molecule has 0 radical (unpaired) electrons. The fourth-order valence-electron chi connectivity index (χ4n) is 4.08. The Balaban J connectivity index is 1.41. The van der Waals surface area contributed by atoms with Crippen molar-refractivity contribution >= 4 is 20.9 Å². The van der Waals surface area contributed by atoms with E-state index in [0.717, 1.165) is 38.0 Å². The molecular weight excluding hydrogens is 366 g/mol. The zero-order valence-corrected chi connectivity index (χ0v) is 16.4. The Bertz CT molecular complexity index is 897. The maximum atomic E-state index is 11.3. The van der Waals surface area contributed by atoms with Crippen molar-refractivity contribution in [2.75, 3.05) is 39.1 Å². The number of rotatable bonds is 5. The van der Waals surface area contributed by atoms with Gasteiger partial charge in [0.15, 0.2) is 0 Å². The topological polar surface area (TPSA) is 83.7 Å². The Morgan fingerprint density at radius 1 is 1.37 bits per heavy atom. The lowest BCUT2D eigenvalue weighted by Crippen LogP contribution is -2.45. The van der Waals surface area contributed by atoms with Gasteiger partial charge in [0.05, 0.1) is 25.6 Å². The van der Waals surface area contributed by atoms with Crippen LogP contribution in [0.5, 0.6) is 0 Å². The molecule has 1 aromatic heterocycles. The lowest BCUT2D eigenvalue weighted by molar-refractivity contribution is -0.0843. The molecule has 4 rings (SSSR count). The van der Waals surface area contributed by atoms with Crippen LogP contribution in [0.4, 0.5) is 0 Å². The third-order valence-corrected chi connectivity index (χ3v) is 6.06. The van der Waals surface area contributed by atoms with Crippen LogP contribution >= 0.6 is 0 Å². The number of hydrogen-bond donors (Lipinski definition) is 2. The van der Waals surface area contributed by atoms with Gasteiger partial charge in [-0.3, -0.25) is 4.90 Å². The third kappa shape index (κ3) is 4.70. The molecule has 8 heteroatoms. The largest absolute Gasteiger partial charge is 0.377 e. The van der Waals surface area contributed by atoms with Gasteiger partial charge in [0.25, 0.3) is 0 Å². The molecule has 2 aromatic rings. The van der Waals surface area contributed by atoms with Gasteiger partial charge in [-0.15, -0.1) is 0 Å². The van der Waals surface area contributed by atoms with Crippen LogP contribution in [0, 0.1) is 0 Å². The van der Waals surface area contributed by atoms with E-state index in [9.17, 15) is 8.42 Å². The number of nitrogens with one attached hydrogen (secondary N) is 2. The molecule has 0 saturated carbocycles. The van der Waals surface area contributed by atoms with Crippen LogP contribution in [0.2, 0.25) is 0 Å². The molecule has 2 aliphatic rings. The minimum Gasteiger partial charge on any atom is -0.377 e. The van der Waals surface area contributed by atoms with Gasteiger partial charge >= 0.3 is 0 Å². The van der Waals surface area contributed by atoms with E-state index in [1.165, 1.54) is 17.2 Å². The van der Waals surface area contributed by atoms with E-state index in [-0.39, 0.29) is 11.7 Å². The average Bonchev–Trinajstić information content (AvgIpc) is 3.17. The second kappa shape index (κ2) is 7.52. The summed E-state index contributed by atoms with van der Waals surface area (Å²) in [5.74, 6) is 0. The van der Waals surface area contributed by atoms with Gasteiger partial charge in [-0.25, -0.2) is 13.1 Å². The maximum Gasteiger partial charge on any atom is 0.208 e. The van der Waals surface area contributed by atoms with Crippen LogP contribution in [0.15, 0.2) is 30.5 Å². The number of aromatic nitrogens is 1. The summed E-state index contributed by atoms with van der Waals surface area (Å²) in [7, 11) is -3.20. The molecule has 3 heterocycles. The van der Waals surface area contributed by atoms with E-state index in [1.807, 2.05) is 6.20 Å². The lowest BCUT2D eigenvalue weighted by Gasteiger charge is -2.32. The van der Waals surface area contributed by atoms with Crippen molar-refractivity contribution < 1.29 is 17.9 Å². The number of benzene rings is 1. The Hall–Kier alpha value is -1.45. The van der Waals surface area contributed by atoms with E-state index in [1.54, 1.807) is 0 Å². The van der Waals surface area contributed by atoms with Crippen molar-refractivity contribution in [1.29, 1.82) is 0 Å². The molecule has 2 saturated heterocycles. The maximum absolute atomic E-state index is 11.3. The van der Waals surface area contributed by atoms with Crippen molar-refractivity contribution in [3.8, 4) is 0 Å². The lowest BCUT2D eigenvalue weighted by atomic mass is 9.99. The molecule has 0 aliphatic carbocycles. The van der Waals surface area contributed by atoms with Crippen molar-refractivity contribution in [1.82, 2.24) is 14.6 Å². The Labute approximate surface area is 160 Å². The van der Waals surface area contributed by atoms with E-state index >= 15 is 0 Å². The van der Waals surface area contributed by atoms with Crippen molar-refractivity contribution in [2.24, 2.45) is 0 Å². The summed E-state index contributed by atoms with van der Waals surface area (Å²) in [4.78, 5) is 5.61. The number of hydrogen-bond acceptors (Lipinski definition) is 5. The number of ether oxygens (including phenoxy) is 2. The van der Waals surface area contributed by atoms with Crippen LogP contribution < -0.4 is 4.72 Å². The summed E-state index contributed by atoms with van der Waals surface area (Å²) >= 11 is 0. The quantitative estimate of drug-likeness (QED) is 0.804. The fourth-order valence-corrected chi connectivity index (χ4v) is 4.57. The van der Waals surface area contributed by atoms with Crippen molar-refractivity contribution in [3.63, 3.8) is 0 Å². The molecule has 2 aliphatic heterocycles. The molecule has 1 aromatic carbocycles. The van der Waals surface area contributed by atoms with Gasteiger partial charge in [-0.1, -0.05) is 6.07 Å². The molecule has 148 valence electrons. The third-order valence-electron chi connectivity index (χ3n) is 5.36.